The van der Waals surface area contributed by atoms with Crippen LogP contribution in [0.15, 0.2) is 12.4 Å². The molecule has 1 aromatic rings. The van der Waals surface area contributed by atoms with Crippen LogP contribution in [-0.4, -0.2) is 40.3 Å². The van der Waals surface area contributed by atoms with E-state index < -0.39 is 0 Å². The SMILES string of the molecule is Cc1c[nH]cc1C(=O)N1C2CCC1CC(=O)NC2. The quantitative estimate of drug-likeness (QED) is 0.771. The molecule has 96 valence electrons. The Labute approximate surface area is 106 Å². The van der Waals surface area contributed by atoms with E-state index in [9.17, 15) is 9.59 Å². The minimum atomic E-state index is 0.0535. The Morgan fingerprint density at radius 1 is 1.33 bits per heavy atom. The van der Waals surface area contributed by atoms with Crippen LogP contribution in [0.2, 0.25) is 0 Å². The van der Waals surface area contributed by atoms with Crippen LogP contribution in [-0.2, 0) is 4.79 Å². The second-order valence-corrected chi connectivity index (χ2v) is 5.16. The van der Waals surface area contributed by atoms with Gasteiger partial charge in [0, 0.05) is 37.4 Å². The number of hydrogen-bond donors (Lipinski definition) is 2. The maximum Gasteiger partial charge on any atom is 0.256 e. The first-order valence-electron chi connectivity index (χ1n) is 6.39. The second kappa shape index (κ2) is 4.15. The Kier molecular flexibility index (Phi) is 2.61. The summed E-state index contributed by atoms with van der Waals surface area (Å²) in [6.45, 7) is 2.51. The van der Waals surface area contributed by atoms with Gasteiger partial charge in [-0.3, -0.25) is 9.59 Å². The Bertz CT molecular complexity index is 494. The van der Waals surface area contributed by atoms with E-state index in [1.807, 2.05) is 18.0 Å². The van der Waals surface area contributed by atoms with Crippen molar-refractivity contribution < 1.29 is 9.59 Å². The lowest BCUT2D eigenvalue weighted by atomic mass is 10.1. The number of hydrogen-bond acceptors (Lipinski definition) is 2. The average Bonchev–Trinajstić information content (AvgIpc) is 2.87. The monoisotopic (exact) mass is 247 g/mol. The molecule has 0 aromatic carbocycles. The van der Waals surface area contributed by atoms with Crippen LogP contribution in [0.1, 0.15) is 35.2 Å². The number of amides is 2. The van der Waals surface area contributed by atoms with Gasteiger partial charge in [-0.25, -0.2) is 0 Å². The molecular weight excluding hydrogens is 230 g/mol. The lowest BCUT2D eigenvalue weighted by molar-refractivity contribution is -0.121. The molecule has 5 heteroatoms. The third-order valence-corrected chi connectivity index (χ3v) is 3.99. The third-order valence-electron chi connectivity index (χ3n) is 3.99. The number of aromatic nitrogens is 1. The summed E-state index contributed by atoms with van der Waals surface area (Å²) in [6, 6.07) is 0.225. The molecule has 2 atom stereocenters. The van der Waals surface area contributed by atoms with E-state index in [1.165, 1.54) is 0 Å². The van der Waals surface area contributed by atoms with E-state index in [0.29, 0.717) is 13.0 Å². The van der Waals surface area contributed by atoms with Gasteiger partial charge < -0.3 is 15.2 Å². The molecule has 0 aliphatic carbocycles. The standard InChI is InChI=1S/C13H17N3O2/c1-8-5-14-7-11(8)13(18)16-9-2-3-10(16)6-15-12(17)4-9/h5,7,9-10,14H,2-4,6H2,1H3,(H,15,17). The zero-order valence-electron chi connectivity index (χ0n) is 10.4. The van der Waals surface area contributed by atoms with Gasteiger partial charge in [0.05, 0.1) is 5.56 Å². The number of nitrogens with zero attached hydrogens (tertiary/aromatic N) is 1. The second-order valence-electron chi connectivity index (χ2n) is 5.16. The lowest BCUT2D eigenvalue weighted by Gasteiger charge is -2.27. The Hall–Kier alpha value is -1.78. The van der Waals surface area contributed by atoms with Crippen molar-refractivity contribution in [2.24, 2.45) is 0 Å². The molecule has 0 saturated carbocycles. The predicted molar refractivity (Wildman–Crippen MR) is 66.1 cm³/mol. The molecule has 2 saturated heterocycles. The highest BCUT2D eigenvalue weighted by molar-refractivity contribution is 5.96. The van der Waals surface area contributed by atoms with Crippen LogP contribution in [0.25, 0.3) is 0 Å². The van der Waals surface area contributed by atoms with Gasteiger partial charge in [-0.1, -0.05) is 0 Å². The fraction of sp³-hybridized carbons (Fsp3) is 0.538. The molecule has 2 unspecified atom stereocenters. The van der Waals surface area contributed by atoms with Crippen molar-refractivity contribution >= 4 is 11.8 Å². The van der Waals surface area contributed by atoms with Crippen molar-refractivity contribution in [3.05, 3.63) is 23.5 Å². The number of carbonyl (C=O) groups excluding carboxylic acids is 2. The van der Waals surface area contributed by atoms with Crippen molar-refractivity contribution in [3.8, 4) is 0 Å². The van der Waals surface area contributed by atoms with E-state index in [2.05, 4.69) is 10.3 Å². The predicted octanol–water partition coefficient (Wildman–Crippen LogP) is 0.816. The minimum Gasteiger partial charge on any atom is -0.367 e. The number of rotatable bonds is 1. The van der Waals surface area contributed by atoms with Crippen molar-refractivity contribution in [3.63, 3.8) is 0 Å². The Balaban J connectivity index is 1.90. The van der Waals surface area contributed by atoms with Crippen LogP contribution in [0.4, 0.5) is 0 Å². The summed E-state index contributed by atoms with van der Waals surface area (Å²) in [5, 5.41) is 2.88. The largest absolute Gasteiger partial charge is 0.367 e. The molecule has 3 rings (SSSR count). The van der Waals surface area contributed by atoms with Gasteiger partial charge in [-0.05, 0) is 25.3 Å². The van der Waals surface area contributed by atoms with Crippen LogP contribution < -0.4 is 5.32 Å². The molecule has 0 spiro atoms. The van der Waals surface area contributed by atoms with E-state index in [4.69, 9.17) is 0 Å². The summed E-state index contributed by atoms with van der Waals surface area (Å²) in [4.78, 5) is 29.0. The number of H-pyrrole nitrogens is 1. The van der Waals surface area contributed by atoms with Crippen molar-refractivity contribution in [2.45, 2.75) is 38.3 Å². The van der Waals surface area contributed by atoms with Crippen LogP contribution in [0.3, 0.4) is 0 Å². The normalized spacial score (nSPS) is 26.9. The number of aromatic amines is 1. The molecule has 1 aromatic heterocycles. The number of fused-ring (bicyclic) bond motifs is 2. The third kappa shape index (κ3) is 1.70. The van der Waals surface area contributed by atoms with Gasteiger partial charge in [0.25, 0.3) is 5.91 Å². The highest BCUT2D eigenvalue weighted by Crippen LogP contribution is 2.30. The maximum atomic E-state index is 12.6. The zero-order chi connectivity index (χ0) is 12.7. The molecule has 2 N–H and O–H groups in total. The van der Waals surface area contributed by atoms with E-state index in [0.717, 1.165) is 24.0 Å². The molecule has 2 fully saturated rings. The van der Waals surface area contributed by atoms with Crippen LogP contribution in [0, 0.1) is 6.92 Å². The van der Waals surface area contributed by atoms with Gasteiger partial charge in [0.1, 0.15) is 0 Å². The van der Waals surface area contributed by atoms with E-state index in [-0.39, 0.29) is 23.9 Å². The molecule has 2 amide bonds. The summed E-state index contributed by atoms with van der Waals surface area (Å²) in [7, 11) is 0. The molecule has 18 heavy (non-hydrogen) atoms. The Morgan fingerprint density at radius 3 is 2.83 bits per heavy atom. The summed E-state index contributed by atoms with van der Waals surface area (Å²) in [5.74, 6) is 0.114. The van der Waals surface area contributed by atoms with Gasteiger partial charge >= 0.3 is 0 Å². The first-order chi connectivity index (χ1) is 8.66. The number of nitrogens with one attached hydrogen (secondary N) is 2. The highest BCUT2D eigenvalue weighted by Gasteiger charge is 2.40. The first-order valence-corrected chi connectivity index (χ1v) is 6.39. The molecule has 2 bridgehead atoms. The summed E-state index contributed by atoms with van der Waals surface area (Å²) < 4.78 is 0. The van der Waals surface area contributed by atoms with Gasteiger partial charge in [-0.15, -0.1) is 0 Å². The van der Waals surface area contributed by atoms with Gasteiger partial charge in [0.2, 0.25) is 5.91 Å². The van der Waals surface area contributed by atoms with Gasteiger partial charge in [-0.2, -0.15) is 0 Å². The van der Waals surface area contributed by atoms with Crippen molar-refractivity contribution in [1.82, 2.24) is 15.2 Å². The molecule has 3 heterocycles. The fourth-order valence-electron chi connectivity index (χ4n) is 3.02. The fourth-order valence-corrected chi connectivity index (χ4v) is 3.02. The molecule has 0 radical (unpaired) electrons. The lowest BCUT2D eigenvalue weighted by Crippen LogP contribution is -2.42. The number of carbonyl (C=O) groups is 2. The number of aryl methyl sites for hydroxylation is 1. The topological polar surface area (TPSA) is 65.2 Å². The van der Waals surface area contributed by atoms with Crippen molar-refractivity contribution in [2.75, 3.05) is 6.54 Å². The molecule has 2 aliphatic heterocycles. The van der Waals surface area contributed by atoms with E-state index >= 15 is 0 Å². The highest BCUT2D eigenvalue weighted by atomic mass is 16.2. The summed E-state index contributed by atoms with van der Waals surface area (Å²) >= 11 is 0. The smallest absolute Gasteiger partial charge is 0.256 e. The Morgan fingerprint density at radius 2 is 2.11 bits per heavy atom. The molecule has 2 aliphatic rings. The maximum absolute atomic E-state index is 12.6. The minimum absolute atomic E-state index is 0.0535. The van der Waals surface area contributed by atoms with Crippen LogP contribution >= 0.6 is 0 Å². The molecule has 5 nitrogen and oxygen atoms in total. The van der Waals surface area contributed by atoms with Crippen molar-refractivity contribution in [1.29, 1.82) is 0 Å². The van der Waals surface area contributed by atoms with Crippen LogP contribution in [0.5, 0.6) is 0 Å². The zero-order valence-corrected chi connectivity index (χ0v) is 10.4. The summed E-state index contributed by atoms with van der Waals surface area (Å²) in [6.07, 6.45) is 5.94. The first kappa shape index (κ1) is 11.3. The van der Waals surface area contributed by atoms with E-state index in [1.54, 1.807) is 6.20 Å². The average molecular weight is 247 g/mol. The molecular formula is C13H17N3O2. The summed E-state index contributed by atoms with van der Waals surface area (Å²) in [5.41, 5.74) is 1.68. The van der Waals surface area contributed by atoms with Gasteiger partial charge in [0.15, 0.2) is 0 Å².